The van der Waals surface area contributed by atoms with Gasteiger partial charge in [-0.15, -0.1) is 22.7 Å². The first-order valence-corrected chi connectivity index (χ1v) is 14.3. The molecule has 2 N–H and O–H groups in total. The van der Waals surface area contributed by atoms with Gasteiger partial charge in [-0.3, -0.25) is 4.90 Å². The zero-order valence-electron chi connectivity index (χ0n) is 21.7. The molecular weight excluding hydrogens is 530 g/mol. The summed E-state index contributed by atoms with van der Waals surface area (Å²) in [6, 6.07) is 5.42. The normalized spacial score (nSPS) is 18.0. The number of rotatable bonds is 6. The molecule has 0 saturated carbocycles. The van der Waals surface area contributed by atoms with Crippen molar-refractivity contribution in [2.75, 3.05) is 11.5 Å². The number of esters is 1. The van der Waals surface area contributed by atoms with Crippen molar-refractivity contribution in [3.8, 4) is 0 Å². The Balaban J connectivity index is 1.77. The summed E-state index contributed by atoms with van der Waals surface area (Å²) >= 11 is 9.64. The van der Waals surface area contributed by atoms with Crippen LogP contribution in [0.15, 0.2) is 35.2 Å². The van der Waals surface area contributed by atoms with Crippen LogP contribution in [0, 0.1) is 6.92 Å². The van der Waals surface area contributed by atoms with E-state index in [9.17, 15) is 9.59 Å². The van der Waals surface area contributed by atoms with E-state index in [0.29, 0.717) is 42.4 Å². The van der Waals surface area contributed by atoms with Crippen LogP contribution in [0.4, 0.5) is 10.5 Å². The third-order valence-electron chi connectivity index (χ3n) is 6.12. The van der Waals surface area contributed by atoms with Gasteiger partial charge in [0, 0.05) is 33.4 Å². The highest BCUT2D eigenvalue weighted by molar-refractivity contribution is 7.20. The van der Waals surface area contributed by atoms with Crippen molar-refractivity contribution in [1.82, 2.24) is 4.98 Å². The zero-order valence-corrected chi connectivity index (χ0v) is 24.1. The molecule has 0 aliphatic heterocycles. The number of anilines is 1. The molecular formula is C27H32ClN3O4S2. The second kappa shape index (κ2) is 11.1. The summed E-state index contributed by atoms with van der Waals surface area (Å²) in [4.78, 5) is 34.0. The number of carbonyl (C=O) groups excluding carboxylic acids is 2. The standard InChI is InChI=1S/C27H32ClN3O4S2/c1-6-34-25(32)16-9-10-18(19(29)12-16)23-15(2)22-24(37-23)20(13-21(28)30-22)31(14-17-8-7-11-36-17)26(33)35-27(3,4)5/h7-9,11,13,18-19H,6,10,12,14,29H2,1-5H3/t18-,19-/m0/s1. The SMILES string of the molecule is CCOC(=O)C1=CC[C@H](c2sc3c(N(Cc4cccs4)C(=O)OC(C)(C)C)cc(Cl)nc3c2C)[C@@H](N)C1. The second-order valence-electron chi connectivity index (χ2n) is 10.0. The van der Waals surface area contributed by atoms with E-state index in [1.807, 2.05) is 51.3 Å². The smallest absolute Gasteiger partial charge is 0.415 e. The van der Waals surface area contributed by atoms with Crippen molar-refractivity contribution < 1.29 is 19.1 Å². The first-order chi connectivity index (χ1) is 17.5. The lowest BCUT2D eigenvalue weighted by Crippen LogP contribution is -2.36. The molecule has 0 spiro atoms. The number of nitrogens with zero attached hydrogens (tertiary/aromatic N) is 2. The molecule has 1 amide bonds. The molecule has 1 aliphatic rings. The third-order valence-corrected chi connectivity index (χ3v) is 8.61. The Morgan fingerprint density at radius 3 is 2.70 bits per heavy atom. The van der Waals surface area contributed by atoms with E-state index >= 15 is 0 Å². The molecule has 10 heteroatoms. The van der Waals surface area contributed by atoms with Crippen LogP contribution >= 0.6 is 34.3 Å². The van der Waals surface area contributed by atoms with Crippen molar-refractivity contribution in [3.63, 3.8) is 0 Å². The molecule has 3 aromatic rings. The molecule has 2 atom stereocenters. The molecule has 4 rings (SSSR count). The summed E-state index contributed by atoms with van der Waals surface area (Å²) in [5, 5.41) is 2.28. The van der Waals surface area contributed by atoms with E-state index < -0.39 is 11.7 Å². The van der Waals surface area contributed by atoms with Crippen LogP contribution in [-0.4, -0.2) is 35.3 Å². The summed E-state index contributed by atoms with van der Waals surface area (Å²) in [7, 11) is 0. The molecule has 0 bridgehead atoms. The van der Waals surface area contributed by atoms with E-state index in [4.69, 9.17) is 26.8 Å². The van der Waals surface area contributed by atoms with Gasteiger partial charge >= 0.3 is 12.1 Å². The molecule has 0 unspecified atom stereocenters. The van der Waals surface area contributed by atoms with Gasteiger partial charge in [0.15, 0.2) is 0 Å². The zero-order chi connectivity index (χ0) is 26.9. The van der Waals surface area contributed by atoms with Crippen LogP contribution in [0.3, 0.4) is 0 Å². The fourth-order valence-corrected chi connectivity index (χ4v) is 6.78. The van der Waals surface area contributed by atoms with Gasteiger partial charge in [0.25, 0.3) is 0 Å². The Hall–Kier alpha value is -2.46. The Morgan fingerprint density at radius 2 is 2.08 bits per heavy atom. The maximum atomic E-state index is 13.4. The van der Waals surface area contributed by atoms with Crippen molar-refractivity contribution >= 4 is 62.2 Å². The van der Waals surface area contributed by atoms with Gasteiger partial charge in [0.05, 0.1) is 29.1 Å². The van der Waals surface area contributed by atoms with Crippen LogP contribution in [0.25, 0.3) is 10.2 Å². The molecule has 3 aromatic heterocycles. The Kier molecular flexibility index (Phi) is 8.28. The molecule has 0 saturated heterocycles. The monoisotopic (exact) mass is 561 g/mol. The molecule has 1 aliphatic carbocycles. The Bertz CT molecular complexity index is 1330. The van der Waals surface area contributed by atoms with Gasteiger partial charge in [-0.05, 0) is 64.5 Å². The number of carbonyl (C=O) groups is 2. The first-order valence-electron chi connectivity index (χ1n) is 12.2. The van der Waals surface area contributed by atoms with Crippen LogP contribution < -0.4 is 10.6 Å². The van der Waals surface area contributed by atoms with Crippen LogP contribution in [0.2, 0.25) is 5.15 Å². The van der Waals surface area contributed by atoms with E-state index in [-0.39, 0.29) is 17.9 Å². The van der Waals surface area contributed by atoms with Crippen LogP contribution in [0.1, 0.15) is 61.8 Å². The highest BCUT2D eigenvalue weighted by Gasteiger charge is 2.32. The van der Waals surface area contributed by atoms with Gasteiger partial charge in [-0.25, -0.2) is 14.6 Å². The van der Waals surface area contributed by atoms with Crippen LogP contribution in [0.5, 0.6) is 0 Å². The minimum Gasteiger partial charge on any atom is -0.463 e. The highest BCUT2D eigenvalue weighted by atomic mass is 35.5. The second-order valence-corrected chi connectivity index (χ2v) is 12.5. The van der Waals surface area contributed by atoms with Crippen molar-refractivity contribution in [3.05, 3.63) is 55.7 Å². The van der Waals surface area contributed by atoms with E-state index in [0.717, 1.165) is 25.5 Å². The Labute approximate surface area is 230 Å². The van der Waals surface area contributed by atoms with Gasteiger partial charge in [-0.2, -0.15) is 0 Å². The van der Waals surface area contributed by atoms with Crippen molar-refractivity contribution in [2.45, 2.75) is 71.6 Å². The van der Waals surface area contributed by atoms with Gasteiger partial charge in [-0.1, -0.05) is 23.7 Å². The Morgan fingerprint density at radius 1 is 1.32 bits per heavy atom. The predicted molar refractivity (Wildman–Crippen MR) is 151 cm³/mol. The average Bonchev–Trinajstić information content (AvgIpc) is 3.44. The molecule has 37 heavy (non-hydrogen) atoms. The molecule has 7 nitrogen and oxygen atoms in total. The number of ether oxygens (including phenoxy) is 2. The number of allylic oxidation sites excluding steroid dienone is 1. The fraction of sp³-hybridized carbons (Fsp3) is 0.444. The topological polar surface area (TPSA) is 94.8 Å². The minimum atomic E-state index is -0.658. The number of amides is 1. The number of hydrogen-bond acceptors (Lipinski definition) is 8. The quantitative estimate of drug-likeness (QED) is 0.258. The van der Waals surface area contributed by atoms with E-state index in [1.54, 1.807) is 40.6 Å². The molecule has 0 radical (unpaired) electrons. The van der Waals surface area contributed by atoms with Crippen LogP contribution in [-0.2, 0) is 20.8 Å². The number of thiophene rings is 2. The van der Waals surface area contributed by atoms with Gasteiger partial charge in [0.1, 0.15) is 10.8 Å². The van der Waals surface area contributed by atoms with Gasteiger partial charge in [0.2, 0.25) is 0 Å². The lowest BCUT2D eigenvalue weighted by molar-refractivity contribution is -0.138. The number of nitrogens with two attached hydrogens (primary N) is 1. The molecule has 3 heterocycles. The first kappa shape index (κ1) is 27.6. The summed E-state index contributed by atoms with van der Waals surface area (Å²) < 4.78 is 11.8. The average molecular weight is 562 g/mol. The van der Waals surface area contributed by atoms with Crippen molar-refractivity contribution in [1.29, 1.82) is 0 Å². The highest BCUT2D eigenvalue weighted by Crippen LogP contribution is 2.45. The number of aromatic nitrogens is 1. The molecule has 0 aromatic carbocycles. The minimum absolute atomic E-state index is 0.0104. The third kappa shape index (κ3) is 6.17. The largest absolute Gasteiger partial charge is 0.463 e. The predicted octanol–water partition coefficient (Wildman–Crippen LogP) is 6.96. The summed E-state index contributed by atoms with van der Waals surface area (Å²) in [6.45, 7) is 10.0. The number of hydrogen-bond donors (Lipinski definition) is 1. The number of aryl methyl sites for hydroxylation is 1. The lowest BCUT2D eigenvalue weighted by Gasteiger charge is -2.28. The number of fused-ring (bicyclic) bond motifs is 1. The maximum absolute atomic E-state index is 13.4. The summed E-state index contributed by atoms with van der Waals surface area (Å²) in [5.74, 6) is -0.293. The van der Waals surface area contributed by atoms with E-state index in [2.05, 4.69) is 4.98 Å². The molecule has 0 fully saturated rings. The maximum Gasteiger partial charge on any atom is 0.415 e. The fourth-order valence-electron chi connectivity index (χ4n) is 4.44. The van der Waals surface area contributed by atoms with E-state index in [1.165, 1.54) is 0 Å². The van der Waals surface area contributed by atoms with Crippen molar-refractivity contribution in [2.24, 2.45) is 5.73 Å². The number of halogens is 1. The lowest BCUT2D eigenvalue weighted by atomic mass is 9.83. The molecule has 198 valence electrons. The summed E-state index contributed by atoms with van der Waals surface area (Å²) in [5.41, 5.74) is 8.94. The number of pyridine rings is 1. The summed E-state index contributed by atoms with van der Waals surface area (Å²) in [6.07, 6.45) is 2.55. The van der Waals surface area contributed by atoms with Gasteiger partial charge < -0.3 is 15.2 Å².